The molecule has 2 amide bonds. The molecule has 0 radical (unpaired) electrons. The van der Waals surface area contributed by atoms with Crippen molar-refractivity contribution >= 4 is 17.9 Å². The summed E-state index contributed by atoms with van der Waals surface area (Å²) < 4.78 is 11.4. The van der Waals surface area contributed by atoms with Crippen molar-refractivity contribution in [2.45, 2.75) is 6.92 Å². The molecule has 0 heterocycles. The van der Waals surface area contributed by atoms with Gasteiger partial charge in [0.2, 0.25) is 0 Å². The molecule has 0 spiro atoms. The summed E-state index contributed by atoms with van der Waals surface area (Å²) in [5.41, 5.74) is 5.13. The Labute approximate surface area is 170 Å². The summed E-state index contributed by atoms with van der Waals surface area (Å²) >= 11 is 0. The minimum absolute atomic E-state index is 0.409. The van der Waals surface area contributed by atoms with E-state index in [1.54, 1.807) is 18.3 Å². The lowest BCUT2D eigenvalue weighted by Gasteiger charge is -2.09. The number of anilines is 1. The van der Waals surface area contributed by atoms with Gasteiger partial charge in [0.15, 0.2) is 0 Å². The average Bonchev–Trinajstić information content (AvgIpc) is 2.73. The Morgan fingerprint density at radius 2 is 1.62 bits per heavy atom. The molecular weight excluding hydrogens is 366 g/mol. The van der Waals surface area contributed by atoms with Crippen molar-refractivity contribution in [3.05, 3.63) is 90.0 Å². The molecule has 3 rings (SSSR count). The van der Waals surface area contributed by atoms with Crippen LogP contribution in [0.1, 0.15) is 11.1 Å². The average molecular weight is 389 g/mol. The molecule has 0 aliphatic carbocycles. The number of amides is 2. The van der Waals surface area contributed by atoms with E-state index in [2.05, 4.69) is 15.8 Å². The standard InChI is InChI=1S/C23H23N3O3/c1-18-10-12-21(13-11-18)28-14-15-29-22-9-5-6-19(16-22)17-24-26-23(27)25-20-7-3-2-4-8-20/h2-13,16-17H,14-15H2,1H3,(H2,25,26,27)/b24-17+. The molecule has 0 saturated carbocycles. The van der Waals surface area contributed by atoms with Crippen LogP contribution in [0.4, 0.5) is 10.5 Å². The monoisotopic (exact) mass is 389 g/mol. The Hall–Kier alpha value is -3.80. The van der Waals surface area contributed by atoms with Crippen molar-refractivity contribution in [3.8, 4) is 11.5 Å². The fourth-order valence-electron chi connectivity index (χ4n) is 2.48. The predicted octanol–water partition coefficient (Wildman–Crippen LogP) is 4.61. The van der Waals surface area contributed by atoms with E-state index in [4.69, 9.17) is 9.47 Å². The summed E-state index contributed by atoms with van der Waals surface area (Å²) in [5.74, 6) is 1.52. The smallest absolute Gasteiger partial charge is 0.339 e. The number of hydrogen-bond donors (Lipinski definition) is 2. The van der Waals surface area contributed by atoms with E-state index < -0.39 is 6.03 Å². The number of urea groups is 1. The minimum atomic E-state index is -0.409. The van der Waals surface area contributed by atoms with Crippen LogP contribution in [0.15, 0.2) is 84.0 Å². The second kappa shape index (κ2) is 10.5. The number of nitrogens with zero attached hydrogens (tertiary/aromatic N) is 1. The van der Waals surface area contributed by atoms with Crippen LogP contribution in [-0.2, 0) is 0 Å². The lowest BCUT2D eigenvalue weighted by Crippen LogP contribution is -2.24. The minimum Gasteiger partial charge on any atom is -0.490 e. The third-order valence-electron chi connectivity index (χ3n) is 3.91. The largest absolute Gasteiger partial charge is 0.490 e. The van der Waals surface area contributed by atoms with Gasteiger partial charge in [0.25, 0.3) is 0 Å². The summed E-state index contributed by atoms with van der Waals surface area (Å²) in [6.07, 6.45) is 1.56. The number of rotatable bonds is 8. The second-order valence-corrected chi connectivity index (χ2v) is 6.27. The fourth-order valence-corrected chi connectivity index (χ4v) is 2.48. The van der Waals surface area contributed by atoms with Gasteiger partial charge in [-0.05, 0) is 48.9 Å². The number of carbonyl (C=O) groups is 1. The lowest BCUT2D eigenvalue weighted by molar-refractivity contribution is 0.217. The van der Waals surface area contributed by atoms with Gasteiger partial charge < -0.3 is 14.8 Å². The van der Waals surface area contributed by atoms with E-state index in [1.807, 2.05) is 73.7 Å². The molecular formula is C23H23N3O3. The van der Waals surface area contributed by atoms with Crippen LogP contribution >= 0.6 is 0 Å². The summed E-state index contributed by atoms with van der Waals surface area (Å²) in [4.78, 5) is 11.8. The van der Waals surface area contributed by atoms with Gasteiger partial charge in [-0.15, -0.1) is 0 Å². The Morgan fingerprint density at radius 1 is 0.897 bits per heavy atom. The molecule has 0 aliphatic rings. The first-order valence-corrected chi connectivity index (χ1v) is 9.26. The first-order valence-electron chi connectivity index (χ1n) is 9.26. The van der Waals surface area contributed by atoms with Crippen LogP contribution in [0.3, 0.4) is 0 Å². The number of hydrazone groups is 1. The Kier molecular flexibility index (Phi) is 7.23. The molecule has 0 saturated heterocycles. The Balaban J connectivity index is 1.42. The van der Waals surface area contributed by atoms with Crippen LogP contribution in [0.25, 0.3) is 0 Å². The van der Waals surface area contributed by atoms with E-state index in [1.165, 1.54) is 5.56 Å². The molecule has 0 bridgehead atoms. The molecule has 2 N–H and O–H groups in total. The predicted molar refractivity (Wildman–Crippen MR) is 115 cm³/mol. The SMILES string of the molecule is Cc1ccc(OCCOc2cccc(/C=N/NC(=O)Nc3ccccc3)c2)cc1. The summed E-state index contributed by atoms with van der Waals surface area (Å²) in [5, 5.41) is 6.64. The summed E-state index contributed by atoms with van der Waals surface area (Å²) in [7, 11) is 0. The maximum atomic E-state index is 11.8. The van der Waals surface area contributed by atoms with Gasteiger partial charge >= 0.3 is 6.03 Å². The van der Waals surface area contributed by atoms with Crippen LogP contribution in [0.2, 0.25) is 0 Å². The number of carbonyl (C=O) groups excluding carboxylic acids is 1. The number of para-hydroxylation sites is 1. The normalized spacial score (nSPS) is 10.5. The van der Waals surface area contributed by atoms with Gasteiger partial charge in [-0.3, -0.25) is 0 Å². The van der Waals surface area contributed by atoms with Crippen molar-refractivity contribution in [2.75, 3.05) is 18.5 Å². The van der Waals surface area contributed by atoms with Crippen molar-refractivity contribution < 1.29 is 14.3 Å². The zero-order valence-corrected chi connectivity index (χ0v) is 16.2. The van der Waals surface area contributed by atoms with Crippen LogP contribution in [-0.4, -0.2) is 25.5 Å². The highest BCUT2D eigenvalue weighted by Gasteiger charge is 2.00. The van der Waals surface area contributed by atoms with E-state index in [0.717, 1.165) is 11.3 Å². The van der Waals surface area contributed by atoms with Crippen molar-refractivity contribution in [1.82, 2.24) is 5.43 Å². The molecule has 29 heavy (non-hydrogen) atoms. The van der Waals surface area contributed by atoms with Gasteiger partial charge in [0.05, 0.1) is 6.21 Å². The Morgan fingerprint density at radius 3 is 2.38 bits per heavy atom. The third kappa shape index (κ3) is 7.03. The molecule has 0 atom stereocenters. The maximum Gasteiger partial charge on any atom is 0.339 e. The van der Waals surface area contributed by atoms with E-state index in [9.17, 15) is 4.79 Å². The molecule has 6 heteroatoms. The molecule has 0 unspecified atom stereocenters. The highest BCUT2D eigenvalue weighted by Crippen LogP contribution is 2.13. The lowest BCUT2D eigenvalue weighted by atomic mass is 10.2. The summed E-state index contributed by atoms with van der Waals surface area (Å²) in [6, 6.07) is 24.1. The van der Waals surface area contributed by atoms with Crippen LogP contribution < -0.4 is 20.2 Å². The number of nitrogens with one attached hydrogen (secondary N) is 2. The molecule has 148 valence electrons. The zero-order chi connectivity index (χ0) is 20.3. The second-order valence-electron chi connectivity index (χ2n) is 6.27. The van der Waals surface area contributed by atoms with Gasteiger partial charge in [-0.2, -0.15) is 5.10 Å². The number of benzene rings is 3. The molecule has 0 aromatic heterocycles. The van der Waals surface area contributed by atoms with Crippen molar-refractivity contribution in [1.29, 1.82) is 0 Å². The molecule has 0 aliphatic heterocycles. The maximum absolute atomic E-state index is 11.8. The zero-order valence-electron chi connectivity index (χ0n) is 16.2. The quantitative estimate of drug-likeness (QED) is 0.336. The van der Waals surface area contributed by atoms with Gasteiger partial charge in [0.1, 0.15) is 24.7 Å². The van der Waals surface area contributed by atoms with E-state index in [-0.39, 0.29) is 0 Å². The van der Waals surface area contributed by atoms with Crippen LogP contribution in [0, 0.1) is 6.92 Å². The number of aryl methyl sites for hydroxylation is 1. The molecule has 3 aromatic carbocycles. The van der Waals surface area contributed by atoms with E-state index in [0.29, 0.717) is 24.7 Å². The van der Waals surface area contributed by atoms with Crippen LogP contribution in [0.5, 0.6) is 11.5 Å². The molecule has 6 nitrogen and oxygen atoms in total. The third-order valence-corrected chi connectivity index (χ3v) is 3.91. The van der Waals surface area contributed by atoms with Crippen molar-refractivity contribution in [2.24, 2.45) is 5.10 Å². The number of ether oxygens (including phenoxy) is 2. The van der Waals surface area contributed by atoms with Gasteiger partial charge in [-0.25, -0.2) is 10.2 Å². The number of hydrogen-bond acceptors (Lipinski definition) is 4. The fraction of sp³-hybridized carbons (Fsp3) is 0.130. The Bertz CT molecular complexity index is 941. The molecule has 0 fully saturated rings. The van der Waals surface area contributed by atoms with Gasteiger partial charge in [0, 0.05) is 5.69 Å². The highest BCUT2D eigenvalue weighted by molar-refractivity contribution is 5.90. The first kappa shape index (κ1) is 19.9. The summed E-state index contributed by atoms with van der Waals surface area (Å²) in [6.45, 7) is 2.91. The first-order chi connectivity index (χ1) is 14.2. The highest BCUT2D eigenvalue weighted by atomic mass is 16.5. The topological polar surface area (TPSA) is 72.0 Å². The molecule has 3 aromatic rings. The van der Waals surface area contributed by atoms with E-state index >= 15 is 0 Å². The van der Waals surface area contributed by atoms with Crippen molar-refractivity contribution in [3.63, 3.8) is 0 Å². The van der Waals surface area contributed by atoms with Gasteiger partial charge in [-0.1, -0.05) is 48.0 Å².